The van der Waals surface area contributed by atoms with E-state index in [-0.39, 0.29) is 16.8 Å². The molecule has 0 spiro atoms. The molecule has 2 atom stereocenters. The third-order valence-electron chi connectivity index (χ3n) is 4.09. The number of hydrogen-bond donors (Lipinski definition) is 3. The van der Waals surface area contributed by atoms with E-state index >= 15 is 0 Å². The van der Waals surface area contributed by atoms with Crippen LogP contribution in [0.1, 0.15) is 26.0 Å². The van der Waals surface area contributed by atoms with E-state index < -0.39 is 21.5 Å². The molecule has 1 aromatic rings. The van der Waals surface area contributed by atoms with Crippen LogP contribution in [0.15, 0.2) is 4.90 Å². The minimum atomic E-state index is -3.72. The van der Waals surface area contributed by atoms with Gasteiger partial charge < -0.3 is 10.8 Å². The van der Waals surface area contributed by atoms with Gasteiger partial charge in [0.2, 0.25) is 10.0 Å². The summed E-state index contributed by atoms with van der Waals surface area (Å²) in [5.74, 6) is -0.00909. The molecule has 1 saturated carbocycles. The minimum Gasteiger partial charge on any atom is -0.392 e. The van der Waals surface area contributed by atoms with Crippen LogP contribution >= 0.6 is 0 Å². The lowest BCUT2D eigenvalue weighted by molar-refractivity contribution is -0.0645. The van der Waals surface area contributed by atoms with Gasteiger partial charge in [0.1, 0.15) is 4.90 Å². The maximum absolute atomic E-state index is 12.4. The van der Waals surface area contributed by atoms with Crippen LogP contribution in [0, 0.1) is 12.3 Å². The van der Waals surface area contributed by atoms with E-state index in [0.29, 0.717) is 12.1 Å². The molecule has 0 saturated heterocycles. The molecule has 7 nitrogen and oxygen atoms in total. The lowest BCUT2D eigenvalue weighted by Crippen LogP contribution is -2.61. The number of nitrogens with two attached hydrogens (primary N) is 1. The van der Waals surface area contributed by atoms with Gasteiger partial charge >= 0.3 is 0 Å². The van der Waals surface area contributed by atoms with Crippen molar-refractivity contribution in [3.8, 4) is 0 Å². The summed E-state index contributed by atoms with van der Waals surface area (Å²) < 4.78 is 28.8. The average Bonchev–Trinajstić information content (AvgIpc) is 2.52. The number of hydrogen-bond acceptors (Lipinski definition) is 5. The Balaban J connectivity index is 2.30. The normalized spacial score (nSPS) is 26.2. The second-order valence-electron chi connectivity index (χ2n) is 5.67. The van der Waals surface area contributed by atoms with Crippen LogP contribution in [0.4, 0.5) is 5.82 Å². The molecule has 1 fully saturated rings. The van der Waals surface area contributed by atoms with Gasteiger partial charge in [-0.3, -0.25) is 4.68 Å². The Morgan fingerprint density at radius 1 is 1.53 bits per heavy atom. The number of nitrogens with zero attached hydrogens (tertiary/aromatic N) is 2. The summed E-state index contributed by atoms with van der Waals surface area (Å²) in [5.41, 5.74) is 5.67. The Morgan fingerprint density at radius 3 is 2.47 bits per heavy atom. The largest absolute Gasteiger partial charge is 0.392 e. The second-order valence-corrected chi connectivity index (χ2v) is 7.32. The van der Waals surface area contributed by atoms with Crippen LogP contribution in [0.25, 0.3) is 0 Å². The molecule has 0 aromatic carbocycles. The standard InChI is InChI=1S/C11H20N4O3S/c1-6-9(10(12)13-15(6)4)19(17,18)14-7-5-8(16)11(7,2)3/h7-8,14,16H,5H2,1-4H3,(H2,12,13). The summed E-state index contributed by atoms with van der Waals surface area (Å²) in [6.45, 7) is 5.31. The fourth-order valence-electron chi connectivity index (χ4n) is 2.30. The van der Waals surface area contributed by atoms with Gasteiger partial charge in [-0.25, -0.2) is 13.1 Å². The van der Waals surface area contributed by atoms with E-state index in [0.717, 1.165) is 0 Å². The number of aromatic nitrogens is 2. The van der Waals surface area contributed by atoms with Crippen molar-refractivity contribution in [2.75, 3.05) is 5.73 Å². The van der Waals surface area contributed by atoms with Gasteiger partial charge in [0.15, 0.2) is 5.82 Å². The van der Waals surface area contributed by atoms with Gasteiger partial charge in [-0.15, -0.1) is 0 Å². The van der Waals surface area contributed by atoms with Crippen LogP contribution in [-0.4, -0.2) is 35.5 Å². The molecule has 4 N–H and O–H groups in total. The van der Waals surface area contributed by atoms with E-state index in [9.17, 15) is 13.5 Å². The number of nitrogens with one attached hydrogen (secondary N) is 1. The highest BCUT2D eigenvalue weighted by molar-refractivity contribution is 7.89. The van der Waals surface area contributed by atoms with Crippen molar-refractivity contribution in [2.45, 2.75) is 44.2 Å². The monoisotopic (exact) mass is 288 g/mol. The molecule has 0 bridgehead atoms. The molecule has 1 aliphatic rings. The van der Waals surface area contributed by atoms with E-state index in [2.05, 4.69) is 9.82 Å². The third kappa shape index (κ3) is 2.13. The molecule has 1 heterocycles. The Morgan fingerprint density at radius 2 is 2.11 bits per heavy atom. The molecular weight excluding hydrogens is 268 g/mol. The SMILES string of the molecule is Cc1c(S(=O)(=O)NC2CC(O)C2(C)C)c(N)nn1C. The summed E-state index contributed by atoms with van der Waals surface area (Å²) in [5, 5.41) is 13.6. The van der Waals surface area contributed by atoms with Crippen LogP contribution < -0.4 is 10.5 Å². The Kier molecular flexibility index (Phi) is 3.15. The van der Waals surface area contributed by atoms with Crippen molar-refractivity contribution >= 4 is 15.8 Å². The second kappa shape index (κ2) is 4.19. The van der Waals surface area contributed by atoms with Crippen LogP contribution in [0.5, 0.6) is 0 Å². The zero-order chi connectivity index (χ0) is 14.6. The zero-order valence-electron chi connectivity index (χ0n) is 11.5. The topological polar surface area (TPSA) is 110 Å². The molecule has 108 valence electrons. The average molecular weight is 288 g/mol. The summed E-state index contributed by atoms with van der Waals surface area (Å²) in [6.07, 6.45) is -0.0848. The first-order chi connectivity index (χ1) is 8.57. The molecule has 2 unspecified atom stereocenters. The fourth-order valence-corrected chi connectivity index (χ4v) is 4.02. The van der Waals surface area contributed by atoms with Gasteiger partial charge in [0.05, 0.1) is 11.8 Å². The fraction of sp³-hybridized carbons (Fsp3) is 0.727. The summed E-state index contributed by atoms with van der Waals surface area (Å²) in [7, 11) is -2.08. The van der Waals surface area contributed by atoms with E-state index in [1.165, 1.54) is 4.68 Å². The quantitative estimate of drug-likeness (QED) is 0.710. The predicted molar refractivity (Wildman–Crippen MR) is 70.9 cm³/mol. The zero-order valence-corrected chi connectivity index (χ0v) is 12.3. The van der Waals surface area contributed by atoms with Gasteiger partial charge in [0, 0.05) is 18.5 Å². The highest BCUT2D eigenvalue weighted by Gasteiger charge is 2.49. The van der Waals surface area contributed by atoms with Gasteiger partial charge in [0.25, 0.3) is 0 Å². The summed E-state index contributed by atoms with van der Waals surface area (Å²) in [6, 6.07) is -0.300. The van der Waals surface area contributed by atoms with Crippen molar-refractivity contribution < 1.29 is 13.5 Å². The van der Waals surface area contributed by atoms with E-state index in [4.69, 9.17) is 5.73 Å². The molecule has 2 rings (SSSR count). The Labute approximate surface area is 112 Å². The highest BCUT2D eigenvalue weighted by atomic mass is 32.2. The number of aliphatic hydroxyl groups is 1. The Hall–Kier alpha value is -1.12. The van der Waals surface area contributed by atoms with Crippen molar-refractivity contribution in [3.63, 3.8) is 0 Å². The molecule has 1 aromatic heterocycles. The molecule has 0 amide bonds. The van der Waals surface area contributed by atoms with Crippen LogP contribution in [0.3, 0.4) is 0 Å². The van der Waals surface area contributed by atoms with Gasteiger partial charge in [-0.2, -0.15) is 5.10 Å². The molecule has 1 aliphatic carbocycles. The molecule has 19 heavy (non-hydrogen) atoms. The number of nitrogen functional groups attached to an aromatic ring is 1. The maximum Gasteiger partial charge on any atom is 0.246 e. The summed E-state index contributed by atoms with van der Waals surface area (Å²) in [4.78, 5) is 0.0205. The van der Waals surface area contributed by atoms with Crippen molar-refractivity contribution in [1.82, 2.24) is 14.5 Å². The number of anilines is 1. The predicted octanol–water partition coefficient (Wildman–Crippen LogP) is -0.252. The molecule has 0 radical (unpaired) electrons. The van der Waals surface area contributed by atoms with Crippen LogP contribution in [0.2, 0.25) is 0 Å². The lowest BCUT2D eigenvalue weighted by Gasteiger charge is -2.49. The highest BCUT2D eigenvalue weighted by Crippen LogP contribution is 2.41. The molecule has 8 heteroatoms. The van der Waals surface area contributed by atoms with Crippen LogP contribution in [-0.2, 0) is 17.1 Å². The van der Waals surface area contributed by atoms with Crippen molar-refractivity contribution in [1.29, 1.82) is 0 Å². The van der Waals surface area contributed by atoms with Crippen molar-refractivity contribution in [2.24, 2.45) is 12.5 Å². The minimum absolute atomic E-state index is 0.00909. The van der Waals surface area contributed by atoms with E-state index in [1.807, 2.05) is 13.8 Å². The first-order valence-electron chi connectivity index (χ1n) is 6.07. The Bertz CT molecular complexity index is 606. The molecule has 0 aliphatic heterocycles. The van der Waals surface area contributed by atoms with Gasteiger partial charge in [-0.05, 0) is 13.3 Å². The van der Waals surface area contributed by atoms with Gasteiger partial charge in [-0.1, -0.05) is 13.8 Å². The van der Waals surface area contributed by atoms with Crippen molar-refractivity contribution in [3.05, 3.63) is 5.69 Å². The molecular formula is C11H20N4O3S. The maximum atomic E-state index is 12.4. The third-order valence-corrected chi connectivity index (χ3v) is 5.72. The number of aryl methyl sites for hydroxylation is 1. The first-order valence-corrected chi connectivity index (χ1v) is 7.55. The summed E-state index contributed by atoms with van der Waals surface area (Å²) >= 11 is 0. The van der Waals surface area contributed by atoms with E-state index in [1.54, 1.807) is 14.0 Å². The number of sulfonamides is 1. The smallest absolute Gasteiger partial charge is 0.246 e. The number of aliphatic hydroxyl groups excluding tert-OH is 1. The first kappa shape index (κ1) is 14.3. The lowest BCUT2D eigenvalue weighted by atomic mass is 9.65. The number of rotatable bonds is 3.